The van der Waals surface area contributed by atoms with Crippen molar-refractivity contribution in [3.05, 3.63) is 55.0 Å². The smallest absolute Gasteiger partial charge is 0.262 e. The zero-order chi connectivity index (χ0) is 13.8. The highest BCUT2D eigenvalue weighted by atomic mass is 79.9. The molecule has 2 aromatic rings. The molecule has 2 heterocycles. The van der Waals surface area contributed by atoms with Crippen molar-refractivity contribution in [2.75, 3.05) is 6.54 Å². The number of amides is 1. The molecule has 1 amide bonds. The number of carbonyl (C=O) groups excluding carboxylic acids is 1. The van der Waals surface area contributed by atoms with E-state index >= 15 is 0 Å². The number of pyridine rings is 1. The second-order valence-corrected chi connectivity index (χ2v) is 5.48. The molecule has 0 radical (unpaired) electrons. The first kappa shape index (κ1) is 14.0. The Bertz CT molecular complexity index is 624. The highest BCUT2D eigenvalue weighted by Crippen LogP contribution is 2.15. The minimum absolute atomic E-state index is 0.117. The van der Waals surface area contributed by atoms with E-state index in [2.05, 4.69) is 26.2 Å². The van der Waals surface area contributed by atoms with Gasteiger partial charge in [0.25, 0.3) is 11.5 Å². The number of carbonyl (C=O) groups is 1. The van der Waals surface area contributed by atoms with Gasteiger partial charge in [-0.2, -0.15) is 11.3 Å². The zero-order valence-corrected chi connectivity index (χ0v) is 12.1. The molecule has 100 valence electrons. The summed E-state index contributed by atoms with van der Waals surface area (Å²) in [4.78, 5) is 25.4. The van der Waals surface area contributed by atoms with Crippen LogP contribution in [-0.4, -0.2) is 22.5 Å². The van der Waals surface area contributed by atoms with Crippen LogP contribution < -0.4 is 10.9 Å². The third-order valence-electron chi connectivity index (χ3n) is 2.50. The third kappa shape index (κ3) is 3.52. The molecule has 2 aromatic heterocycles. The summed E-state index contributed by atoms with van der Waals surface area (Å²) in [6.45, 7) is 0.117. The number of aliphatic hydroxyl groups is 1. The first-order valence-electron chi connectivity index (χ1n) is 5.44. The molecule has 1 atom stereocenters. The molecule has 0 aliphatic heterocycles. The molecule has 0 bridgehead atoms. The molecular weight excluding hydrogens is 332 g/mol. The quantitative estimate of drug-likeness (QED) is 0.790. The fraction of sp³-hybridized carbons (Fsp3) is 0.167. The summed E-state index contributed by atoms with van der Waals surface area (Å²) in [6, 6.07) is 3.24. The van der Waals surface area contributed by atoms with Crippen molar-refractivity contribution < 1.29 is 9.90 Å². The molecule has 0 aliphatic carbocycles. The number of thiophene rings is 1. The summed E-state index contributed by atoms with van der Waals surface area (Å²) < 4.78 is 0.290. The molecule has 0 saturated heterocycles. The first-order chi connectivity index (χ1) is 9.08. The molecule has 19 heavy (non-hydrogen) atoms. The summed E-state index contributed by atoms with van der Waals surface area (Å²) in [5, 5.41) is 16.1. The van der Waals surface area contributed by atoms with Crippen LogP contribution in [0.15, 0.2) is 38.4 Å². The van der Waals surface area contributed by atoms with Crippen molar-refractivity contribution in [3.8, 4) is 0 Å². The fourth-order valence-corrected chi connectivity index (χ4v) is 2.53. The second-order valence-electron chi connectivity index (χ2n) is 3.85. The largest absolute Gasteiger partial charge is 0.387 e. The lowest BCUT2D eigenvalue weighted by atomic mass is 10.2. The van der Waals surface area contributed by atoms with E-state index in [1.54, 1.807) is 6.07 Å². The molecule has 0 saturated carbocycles. The van der Waals surface area contributed by atoms with Gasteiger partial charge < -0.3 is 15.4 Å². The average molecular weight is 343 g/mol. The minimum atomic E-state index is -0.735. The normalized spacial score (nSPS) is 12.1. The van der Waals surface area contributed by atoms with Crippen LogP contribution >= 0.6 is 27.3 Å². The highest BCUT2D eigenvalue weighted by Gasteiger charge is 2.12. The topological polar surface area (TPSA) is 82.2 Å². The minimum Gasteiger partial charge on any atom is -0.387 e. The molecule has 0 spiro atoms. The van der Waals surface area contributed by atoms with Gasteiger partial charge in [0.05, 0.1) is 16.1 Å². The Balaban J connectivity index is 1.98. The molecule has 0 aliphatic rings. The maximum atomic E-state index is 11.8. The van der Waals surface area contributed by atoms with Gasteiger partial charge in [-0.25, -0.2) is 0 Å². The molecule has 0 fully saturated rings. The van der Waals surface area contributed by atoms with E-state index in [0.717, 1.165) is 5.56 Å². The molecule has 5 nitrogen and oxygen atoms in total. The summed E-state index contributed by atoms with van der Waals surface area (Å²) >= 11 is 4.54. The zero-order valence-electron chi connectivity index (χ0n) is 9.72. The Hall–Kier alpha value is -1.44. The maximum Gasteiger partial charge on any atom is 0.262 e. The standard InChI is InChI=1S/C12H11BrN2O3S/c13-9-3-8(4-14-12(9)18)11(17)15-5-10(16)7-1-2-19-6-7/h1-4,6,10,16H,5H2,(H,14,18)(H,15,17)/t10-/m0/s1. The Labute approximate surface area is 121 Å². The predicted molar refractivity (Wildman–Crippen MR) is 76.4 cm³/mol. The van der Waals surface area contributed by atoms with Gasteiger partial charge in [0, 0.05) is 12.7 Å². The van der Waals surface area contributed by atoms with E-state index in [-0.39, 0.29) is 18.0 Å². The van der Waals surface area contributed by atoms with Gasteiger partial charge in [0.15, 0.2) is 0 Å². The van der Waals surface area contributed by atoms with Crippen molar-refractivity contribution >= 4 is 33.2 Å². The number of hydrogen-bond donors (Lipinski definition) is 3. The number of halogens is 1. The SMILES string of the molecule is O=C(NC[C@H](O)c1ccsc1)c1c[nH]c(=O)c(Br)c1. The van der Waals surface area contributed by atoms with Gasteiger partial charge in [-0.05, 0) is 44.4 Å². The van der Waals surface area contributed by atoms with E-state index in [1.807, 2.05) is 10.8 Å². The third-order valence-corrected chi connectivity index (χ3v) is 3.79. The van der Waals surface area contributed by atoms with Crippen molar-refractivity contribution in [2.24, 2.45) is 0 Å². The van der Waals surface area contributed by atoms with Gasteiger partial charge in [0.2, 0.25) is 0 Å². The lowest BCUT2D eigenvalue weighted by molar-refractivity contribution is 0.0916. The number of aromatic nitrogens is 1. The van der Waals surface area contributed by atoms with E-state index in [9.17, 15) is 14.7 Å². The van der Waals surface area contributed by atoms with E-state index < -0.39 is 6.10 Å². The number of aromatic amines is 1. The Morgan fingerprint density at radius 1 is 1.58 bits per heavy atom. The lowest BCUT2D eigenvalue weighted by Crippen LogP contribution is -2.28. The van der Waals surface area contributed by atoms with Crippen LogP contribution in [0, 0.1) is 0 Å². The van der Waals surface area contributed by atoms with Gasteiger partial charge in [-0.15, -0.1) is 0 Å². The fourth-order valence-electron chi connectivity index (χ4n) is 1.46. The number of hydrogen-bond acceptors (Lipinski definition) is 4. The average Bonchev–Trinajstić information content (AvgIpc) is 2.92. The van der Waals surface area contributed by atoms with E-state index in [4.69, 9.17) is 0 Å². The molecule has 2 rings (SSSR count). The van der Waals surface area contributed by atoms with Crippen LogP contribution in [0.2, 0.25) is 0 Å². The lowest BCUT2D eigenvalue weighted by Gasteiger charge is -2.10. The van der Waals surface area contributed by atoms with Crippen molar-refractivity contribution in [1.29, 1.82) is 0 Å². The van der Waals surface area contributed by atoms with Gasteiger partial charge in [0.1, 0.15) is 0 Å². The molecule has 7 heteroatoms. The molecule has 0 aromatic carbocycles. The van der Waals surface area contributed by atoms with Crippen molar-refractivity contribution in [2.45, 2.75) is 6.10 Å². The van der Waals surface area contributed by atoms with E-state index in [1.165, 1.54) is 23.6 Å². The number of rotatable bonds is 4. The molecule has 0 unspecified atom stereocenters. The Morgan fingerprint density at radius 3 is 3.00 bits per heavy atom. The highest BCUT2D eigenvalue weighted by molar-refractivity contribution is 9.10. The Morgan fingerprint density at radius 2 is 2.37 bits per heavy atom. The number of nitrogens with one attached hydrogen (secondary N) is 2. The van der Waals surface area contributed by atoms with Crippen LogP contribution in [0.3, 0.4) is 0 Å². The van der Waals surface area contributed by atoms with Crippen LogP contribution in [0.4, 0.5) is 0 Å². The summed E-state index contributed by atoms with van der Waals surface area (Å²) in [6.07, 6.45) is 0.598. The van der Waals surface area contributed by atoms with Crippen molar-refractivity contribution in [1.82, 2.24) is 10.3 Å². The van der Waals surface area contributed by atoms with Crippen molar-refractivity contribution in [3.63, 3.8) is 0 Å². The number of aliphatic hydroxyl groups excluding tert-OH is 1. The van der Waals surface area contributed by atoms with Crippen LogP contribution in [0.1, 0.15) is 22.0 Å². The van der Waals surface area contributed by atoms with Crippen LogP contribution in [0.25, 0.3) is 0 Å². The van der Waals surface area contributed by atoms with Crippen LogP contribution in [-0.2, 0) is 0 Å². The Kier molecular flexibility index (Phi) is 4.52. The maximum absolute atomic E-state index is 11.8. The van der Waals surface area contributed by atoms with E-state index in [0.29, 0.717) is 10.0 Å². The van der Waals surface area contributed by atoms with Gasteiger partial charge in [-0.1, -0.05) is 0 Å². The predicted octanol–water partition coefficient (Wildman–Crippen LogP) is 1.66. The summed E-state index contributed by atoms with van der Waals surface area (Å²) in [5.74, 6) is -0.355. The first-order valence-corrected chi connectivity index (χ1v) is 7.18. The second kappa shape index (κ2) is 6.14. The molecular formula is C12H11BrN2O3S. The van der Waals surface area contributed by atoms with Gasteiger partial charge in [-0.3, -0.25) is 9.59 Å². The summed E-state index contributed by atoms with van der Waals surface area (Å²) in [7, 11) is 0. The van der Waals surface area contributed by atoms with Crippen LogP contribution in [0.5, 0.6) is 0 Å². The monoisotopic (exact) mass is 342 g/mol. The number of H-pyrrole nitrogens is 1. The molecule has 3 N–H and O–H groups in total. The van der Waals surface area contributed by atoms with Gasteiger partial charge >= 0.3 is 0 Å². The summed E-state index contributed by atoms with van der Waals surface area (Å²) in [5.41, 5.74) is 0.798.